The van der Waals surface area contributed by atoms with E-state index in [0.717, 1.165) is 50.8 Å². The van der Waals surface area contributed by atoms with Crippen molar-refractivity contribution in [2.24, 2.45) is 10.9 Å². The Bertz CT molecular complexity index is 675. The van der Waals surface area contributed by atoms with Gasteiger partial charge < -0.3 is 19.4 Å². The van der Waals surface area contributed by atoms with Crippen LogP contribution in [0.15, 0.2) is 30.0 Å². The van der Waals surface area contributed by atoms with E-state index in [0.29, 0.717) is 12.0 Å². The summed E-state index contributed by atoms with van der Waals surface area (Å²) in [5.74, 6) is 2.61. The van der Waals surface area contributed by atoms with Crippen molar-refractivity contribution >= 4 is 5.96 Å². The van der Waals surface area contributed by atoms with Gasteiger partial charge in [0.2, 0.25) is 0 Å². The Hall–Kier alpha value is -2.38. The number of guanidine groups is 1. The van der Waals surface area contributed by atoms with Gasteiger partial charge in [-0.3, -0.25) is 4.99 Å². The second-order valence-electron chi connectivity index (χ2n) is 6.56. The number of aromatic nitrogens is 5. The Balaban J connectivity index is 1.57. The molecule has 3 heterocycles. The average molecular weight is 344 g/mol. The first-order valence-electron chi connectivity index (χ1n) is 9.02. The van der Waals surface area contributed by atoms with E-state index < -0.39 is 0 Å². The Kier molecular flexibility index (Phi) is 5.67. The number of hydrogen-bond donors (Lipinski definition) is 1. The van der Waals surface area contributed by atoms with Gasteiger partial charge in [-0.2, -0.15) is 0 Å². The largest absolute Gasteiger partial charge is 0.354 e. The summed E-state index contributed by atoms with van der Waals surface area (Å²) in [4.78, 5) is 11.0. The molecule has 0 saturated carbocycles. The van der Waals surface area contributed by atoms with Crippen LogP contribution in [0.1, 0.15) is 32.1 Å². The first-order chi connectivity index (χ1) is 12.2. The molecule has 136 valence electrons. The lowest BCUT2D eigenvalue weighted by molar-refractivity contribution is 0.189. The van der Waals surface area contributed by atoms with Crippen LogP contribution in [-0.4, -0.2) is 61.9 Å². The number of rotatable bonds is 5. The van der Waals surface area contributed by atoms with Gasteiger partial charge in [0, 0.05) is 52.0 Å². The summed E-state index contributed by atoms with van der Waals surface area (Å²) in [6, 6.07) is 0.430. The molecule has 8 heteroatoms. The van der Waals surface area contributed by atoms with Crippen LogP contribution >= 0.6 is 0 Å². The van der Waals surface area contributed by atoms with Crippen molar-refractivity contribution < 1.29 is 0 Å². The van der Waals surface area contributed by atoms with E-state index in [1.54, 1.807) is 6.33 Å². The third kappa shape index (κ3) is 4.00. The number of aliphatic imine (C=N–C) groups is 1. The first-order valence-corrected chi connectivity index (χ1v) is 9.02. The number of hydrogen-bond acceptors (Lipinski definition) is 4. The van der Waals surface area contributed by atoms with E-state index in [4.69, 9.17) is 0 Å². The summed E-state index contributed by atoms with van der Waals surface area (Å²) >= 11 is 0. The molecule has 0 aliphatic carbocycles. The maximum atomic E-state index is 4.48. The SMILES string of the molecule is CCc1nncn1CCNC(=NC)N1CCC(C)C(n2ccnc2)C1. The smallest absolute Gasteiger partial charge is 0.193 e. The summed E-state index contributed by atoms with van der Waals surface area (Å²) in [7, 11) is 1.85. The van der Waals surface area contributed by atoms with Gasteiger partial charge in [-0.15, -0.1) is 10.2 Å². The predicted octanol–water partition coefficient (Wildman–Crippen LogP) is 1.20. The lowest BCUT2D eigenvalue weighted by atomic mass is 9.93. The summed E-state index contributed by atoms with van der Waals surface area (Å²) in [5, 5.41) is 11.6. The molecule has 0 amide bonds. The molecule has 2 atom stereocenters. The molecule has 3 rings (SSSR count). The molecule has 1 saturated heterocycles. The van der Waals surface area contributed by atoms with Crippen LogP contribution in [0.2, 0.25) is 0 Å². The maximum Gasteiger partial charge on any atom is 0.193 e. The van der Waals surface area contributed by atoms with Crippen molar-refractivity contribution in [1.82, 2.24) is 34.5 Å². The van der Waals surface area contributed by atoms with Crippen molar-refractivity contribution in [1.29, 1.82) is 0 Å². The molecule has 1 fully saturated rings. The van der Waals surface area contributed by atoms with E-state index in [2.05, 4.69) is 59.6 Å². The number of nitrogens with one attached hydrogen (secondary N) is 1. The van der Waals surface area contributed by atoms with Gasteiger partial charge >= 0.3 is 0 Å². The molecule has 2 aromatic rings. The van der Waals surface area contributed by atoms with Crippen molar-refractivity contribution in [3.63, 3.8) is 0 Å². The van der Waals surface area contributed by atoms with E-state index >= 15 is 0 Å². The van der Waals surface area contributed by atoms with Gasteiger partial charge in [-0.1, -0.05) is 13.8 Å². The van der Waals surface area contributed by atoms with Crippen molar-refractivity contribution in [2.75, 3.05) is 26.7 Å². The summed E-state index contributed by atoms with van der Waals surface area (Å²) in [6.07, 6.45) is 9.66. The zero-order chi connectivity index (χ0) is 17.6. The minimum atomic E-state index is 0.430. The molecule has 1 aliphatic heterocycles. The van der Waals surface area contributed by atoms with Crippen LogP contribution in [0.3, 0.4) is 0 Å². The Morgan fingerprint density at radius 3 is 3.00 bits per heavy atom. The van der Waals surface area contributed by atoms with Gasteiger partial charge in [0.1, 0.15) is 12.2 Å². The summed E-state index contributed by atoms with van der Waals surface area (Å²) in [6.45, 7) is 8.03. The zero-order valence-corrected chi connectivity index (χ0v) is 15.3. The lowest BCUT2D eigenvalue weighted by Gasteiger charge is -2.39. The van der Waals surface area contributed by atoms with E-state index in [-0.39, 0.29) is 0 Å². The van der Waals surface area contributed by atoms with Crippen LogP contribution in [0, 0.1) is 5.92 Å². The predicted molar refractivity (Wildman–Crippen MR) is 97.4 cm³/mol. The molecule has 0 radical (unpaired) electrons. The first kappa shape index (κ1) is 17.4. The molecule has 1 aliphatic rings. The molecule has 2 aromatic heterocycles. The number of aryl methyl sites for hydroxylation is 1. The molecule has 0 bridgehead atoms. The fraction of sp³-hybridized carbons (Fsp3) is 0.647. The fourth-order valence-electron chi connectivity index (χ4n) is 3.45. The third-order valence-corrected chi connectivity index (χ3v) is 4.99. The second-order valence-corrected chi connectivity index (χ2v) is 6.56. The third-order valence-electron chi connectivity index (χ3n) is 4.99. The summed E-state index contributed by atoms with van der Waals surface area (Å²) < 4.78 is 4.31. The van der Waals surface area contributed by atoms with Gasteiger partial charge in [0.25, 0.3) is 0 Å². The molecule has 8 nitrogen and oxygen atoms in total. The molecule has 25 heavy (non-hydrogen) atoms. The topological polar surface area (TPSA) is 76.2 Å². The zero-order valence-electron chi connectivity index (χ0n) is 15.3. The van der Waals surface area contributed by atoms with Crippen molar-refractivity contribution in [3.8, 4) is 0 Å². The Morgan fingerprint density at radius 1 is 1.40 bits per heavy atom. The number of imidazole rings is 1. The van der Waals surface area contributed by atoms with Crippen LogP contribution in [0.4, 0.5) is 0 Å². The monoisotopic (exact) mass is 344 g/mol. The number of nitrogens with zero attached hydrogens (tertiary/aromatic N) is 7. The molecule has 0 spiro atoms. The normalized spacial score (nSPS) is 21.6. The van der Waals surface area contributed by atoms with Crippen LogP contribution in [-0.2, 0) is 13.0 Å². The van der Waals surface area contributed by atoms with Gasteiger partial charge in [-0.25, -0.2) is 4.98 Å². The molecule has 0 aromatic carbocycles. The van der Waals surface area contributed by atoms with Gasteiger partial charge in [0.05, 0.1) is 12.4 Å². The number of likely N-dealkylation sites (tertiary alicyclic amines) is 1. The second kappa shape index (κ2) is 8.13. The van der Waals surface area contributed by atoms with E-state index in [1.807, 2.05) is 19.6 Å². The van der Waals surface area contributed by atoms with Crippen molar-refractivity contribution in [3.05, 3.63) is 30.9 Å². The van der Waals surface area contributed by atoms with Crippen molar-refractivity contribution in [2.45, 2.75) is 39.3 Å². The maximum absolute atomic E-state index is 4.48. The minimum absolute atomic E-state index is 0.430. The van der Waals surface area contributed by atoms with Crippen LogP contribution in [0.5, 0.6) is 0 Å². The fourth-order valence-corrected chi connectivity index (χ4v) is 3.45. The molecular weight excluding hydrogens is 316 g/mol. The summed E-state index contributed by atoms with van der Waals surface area (Å²) in [5.41, 5.74) is 0. The Morgan fingerprint density at radius 2 is 2.28 bits per heavy atom. The van der Waals surface area contributed by atoms with Gasteiger partial charge in [-0.05, 0) is 12.3 Å². The average Bonchev–Trinajstić information content (AvgIpc) is 3.31. The molecular formula is C17H28N8. The number of piperidine rings is 1. The molecule has 2 unspecified atom stereocenters. The van der Waals surface area contributed by atoms with Crippen LogP contribution < -0.4 is 5.32 Å². The Labute approximate surface area is 149 Å². The van der Waals surface area contributed by atoms with E-state index in [1.165, 1.54) is 0 Å². The standard InChI is InChI=1S/C17H28N8/c1-4-16-22-21-13-25(16)10-7-20-17(18-3)23-8-5-14(2)15(11-23)24-9-6-19-12-24/h6,9,12-15H,4-5,7-8,10-11H2,1-3H3,(H,18,20). The quantitative estimate of drug-likeness (QED) is 0.651. The highest BCUT2D eigenvalue weighted by Crippen LogP contribution is 2.27. The lowest BCUT2D eigenvalue weighted by Crippen LogP contribution is -2.49. The van der Waals surface area contributed by atoms with Gasteiger partial charge in [0.15, 0.2) is 5.96 Å². The minimum Gasteiger partial charge on any atom is -0.354 e. The van der Waals surface area contributed by atoms with Crippen LogP contribution in [0.25, 0.3) is 0 Å². The molecule has 1 N–H and O–H groups in total. The highest BCUT2D eigenvalue weighted by Gasteiger charge is 2.28. The highest BCUT2D eigenvalue weighted by atomic mass is 15.3. The highest BCUT2D eigenvalue weighted by molar-refractivity contribution is 5.80. The van der Waals surface area contributed by atoms with E-state index in [9.17, 15) is 0 Å².